The van der Waals surface area contributed by atoms with Crippen LogP contribution in [0.3, 0.4) is 0 Å². The van der Waals surface area contributed by atoms with Crippen molar-refractivity contribution >= 4 is 0 Å². The molecule has 3 nitrogen and oxygen atoms in total. The lowest BCUT2D eigenvalue weighted by atomic mass is 10.0. The highest BCUT2D eigenvalue weighted by molar-refractivity contribution is 5.71. The van der Waals surface area contributed by atoms with Gasteiger partial charge in [-0.15, -0.1) is 10.2 Å². The van der Waals surface area contributed by atoms with Gasteiger partial charge in [-0.05, 0) is 49.9 Å². The maximum absolute atomic E-state index is 4.64. The number of nitrogens with zero attached hydrogens (tertiary/aromatic N) is 3. The van der Waals surface area contributed by atoms with Crippen molar-refractivity contribution in [3.63, 3.8) is 0 Å². The van der Waals surface area contributed by atoms with Crippen molar-refractivity contribution in [2.75, 3.05) is 0 Å². The summed E-state index contributed by atoms with van der Waals surface area (Å²) in [7, 11) is 0. The molecule has 0 unspecified atom stereocenters. The minimum atomic E-state index is 0.865. The van der Waals surface area contributed by atoms with Gasteiger partial charge < -0.3 is 0 Å². The number of rotatable bonds is 3. The van der Waals surface area contributed by atoms with Crippen LogP contribution in [-0.2, 0) is 0 Å². The Hall–Kier alpha value is -3.20. The Morgan fingerprint density at radius 2 is 1.19 bits per heavy atom. The zero-order chi connectivity index (χ0) is 19.0. The van der Waals surface area contributed by atoms with Crippen molar-refractivity contribution in [2.45, 2.75) is 27.7 Å². The molecule has 4 aromatic rings. The van der Waals surface area contributed by atoms with Gasteiger partial charge in [-0.1, -0.05) is 66.7 Å². The van der Waals surface area contributed by atoms with Crippen LogP contribution in [0, 0.1) is 27.7 Å². The first kappa shape index (κ1) is 17.2. The highest BCUT2D eigenvalue weighted by Crippen LogP contribution is 2.33. The van der Waals surface area contributed by atoms with E-state index >= 15 is 0 Å². The largest absolute Gasteiger partial charge is 0.274 e. The van der Waals surface area contributed by atoms with Gasteiger partial charge in [0.25, 0.3) is 0 Å². The van der Waals surface area contributed by atoms with Crippen molar-refractivity contribution < 1.29 is 0 Å². The molecule has 0 aliphatic rings. The third kappa shape index (κ3) is 2.95. The van der Waals surface area contributed by atoms with Crippen molar-refractivity contribution in [3.8, 4) is 28.5 Å². The molecule has 0 saturated heterocycles. The minimum absolute atomic E-state index is 0.865. The van der Waals surface area contributed by atoms with E-state index in [1.807, 2.05) is 18.2 Å². The van der Waals surface area contributed by atoms with E-state index in [4.69, 9.17) is 0 Å². The summed E-state index contributed by atoms with van der Waals surface area (Å²) in [6, 6.07) is 23.0. The standard InChI is InChI=1S/C24H23N3/c1-16-10-9-15-21(19(16)4)24-26-25-23(20-13-6-5-7-14-20)27(24)22-17(2)11-8-12-18(22)3/h5-15H,1-4H3. The summed E-state index contributed by atoms with van der Waals surface area (Å²) in [5.41, 5.74) is 8.23. The predicted octanol–water partition coefficient (Wildman–Crippen LogP) is 5.83. The number of hydrogen-bond acceptors (Lipinski definition) is 2. The van der Waals surface area contributed by atoms with Gasteiger partial charge in [0, 0.05) is 11.1 Å². The molecule has 0 aliphatic carbocycles. The first-order chi connectivity index (χ1) is 13.1. The third-order valence-electron chi connectivity index (χ3n) is 5.20. The summed E-state index contributed by atoms with van der Waals surface area (Å²) in [5, 5.41) is 9.24. The lowest BCUT2D eigenvalue weighted by Crippen LogP contribution is -2.05. The monoisotopic (exact) mass is 353 g/mol. The van der Waals surface area contributed by atoms with Crippen LogP contribution in [0.2, 0.25) is 0 Å². The molecular weight excluding hydrogens is 330 g/mol. The van der Waals surface area contributed by atoms with Gasteiger partial charge in [-0.2, -0.15) is 0 Å². The van der Waals surface area contributed by atoms with Gasteiger partial charge in [-0.3, -0.25) is 4.57 Å². The number of para-hydroxylation sites is 1. The molecule has 1 heterocycles. The first-order valence-electron chi connectivity index (χ1n) is 9.22. The van der Waals surface area contributed by atoms with E-state index in [0.717, 1.165) is 28.5 Å². The van der Waals surface area contributed by atoms with Crippen molar-refractivity contribution in [1.82, 2.24) is 14.8 Å². The van der Waals surface area contributed by atoms with Crippen molar-refractivity contribution in [3.05, 3.63) is 89.0 Å². The topological polar surface area (TPSA) is 30.7 Å². The number of benzene rings is 3. The molecule has 0 radical (unpaired) electrons. The highest BCUT2D eigenvalue weighted by atomic mass is 15.3. The van der Waals surface area contributed by atoms with Crippen LogP contribution in [0.15, 0.2) is 66.7 Å². The van der Waals surface area contributed by atoms with E-state index in [1.54, 1.807) is 0 Å². The van der Waals surface area contributed by atoms with Crippen LogP contribution < -0.4 is 0 Å². The fraction of sp³-hybridized carbons (Fsp3) is 0.167. The summed E-state index contributed by atoms with van der Waals surface area (Å²) in [4.78, 5) is 0. The molecule has 0 spiro atoms. The molecule has 0 atom stereocenters. The van der Waals surface area contributed by atoms with Gasteiger partial charge in [-0.25, -0.2) is 0 Å². The van der Waals surface area contributed by atoms with Crippen LogP contribution in [0.5, 0.6) is 0 Å². The molecule has 4 rings (SSSR count). The quantitative estimate of drug-likeness (QED) is 0.463. The Balaban J connectivity index is 2.08. The molecular formula is C24H23N3. The van der Waals surface area contributed by atoms with Crippen LogP contribution in [0.25, 0.3) is 28.5 Å². The van der Waals surface area contributed by atoms with Gasteiger partial charge in [0.15, 0.2) is 11.6 Å². The number of hydrogen-bond donors (Lipinski definition) is 0. The second kappa shape index (κ2) is 6.84. The second-order valence-electron chi connectivity index (χ2n) is 7.04. The summed E-state index contributed by atoms with van der Waals surface area (Å²) in [6.07, 6.45) is 0. The van der Waals surface area contributed by atoms with E-state index in [1.165, 1.54) is 22.3 Å². The minimum Gasteiger partial charge on any atom is -0.274 e. The summed E-state index contributed by atoms with van der Waals surface area (Å²) >= 11 is 0. The molecule has 1 aromatic heterocycles. The van der Waals surface area contributed by atoms with Gasteiger partial charge in [0.1, 0.15) is 0 Å². The molecule has 3 aromatic carbocycles. The van der Waals surface area contributed by atoms with Gasteiger partial charge in [0.05, 0.1) is 5.69 Å². The van der Waals surface area contributed by atoms with E-state index < -0.39 is 0 Å². The van der Waals surface area contributed by atoms with Crippen molar-refractivity contribution in [1.29, 1.82) is 0 Å². The Morgan fingerprint density at radius 1 is 0.593 bits per heavy atom. The molecule has 3 heteroatoms. The molecule has 0 aliphatic heterocycles. The average molecular weight is 353 g/mol. The maximum Gasteiger partial charge on any atom is 0.169 e. The number of aromatic nitrogens is 3. The molecule has 27 heavy (non-hydrogen) atoms. The summed E-state index contributed by atoms with van der Waals surface area (Å²) in [5.74, 6) is 1.75. The Labute approximate surface area is 160 Å². The van der Waals surface area contributed by atoms with E-state index in [0.29, 0.717) is 0 Å². The summed E-state index contributed by atoms with van der Waals surface area (Å²) in [6.45, 7) is 8.57. The molecule has 134 valence electrons. The smallest absolute Gasteiger partial charge is 0.169 e. The molecule has 0 bridgehead atoms. The second-order valence-corrected chi connectivity index (χ2v) is 7.04. The zero-order valence-corrected chi connectivity index (χ0v) is 16.2. The fourth-order valence-corrected chi connectivity index (χ4v) is 3.60. The van der Waals surface area contributed by atoms with Gasteiger partial charge >= 0.3 is 0 Å². The van der Waals surface area contributed by atoms with E-state index in [2.05, 4.69) is 91.0 Å². The lowest BCUT2D eigenvalue weighted by molar-refractivity contribution is 1.03. The fourth-order valence-electron chi connectivity index (χ4n) is 3.60. The van der Waals surface area contributed by atoms with Crippen LogP contribution in [0.1, 0.15) is 22.3 Å². The average Bonchev–Trinajstić information content (AvgIpc) is 3.09. The lowest BCUT2D eigenvalue weighted by Gasteiger charge is -2.17. The zero-order valence-electron chi connectivity index (χ0n) is 16.2. The van der Waals surface area contributed by atoms with E-state index in [-0.39, 0.29) is 0 Å². The highest BCUT2D eigenvalue weighted by Gasteiger charge is 2.20. The SMILES string of the molecule is Cc1cccc(-c2nnc(-c3ccccc3)n2-c2c(C)cccc2C)c1C. The van der Waals surface area contributed by atoms with Crippen LogP contribution in [0.4, 0.5) is 0 Å². The first-order valence-corrected chi connectivity index (χ1v) is 9.22. The maximum atomic E-state index is 4.64. The Kier molecular flexibility index (Phi) is 4.36. The van der Waals surface area contributed by atoms with E-state index in [9.17, 15) is 0 Å². The molecule has 0 amide bonds. The Morgan fingerprint density at radius 3 is 1.89 bits per heavy atom. The molecule has 0 fully saturated rings. The third-order valence-corrected chi connectivity index (χ3v) is 5.20. The van der Waals surface area contributed by atoms with Crippen LogP contribution >= 0.6 is 0 Å². The Bertz CT molecular complexity index is 1090. The number of aryl methyl sites for hydroxylation is 3. The summed E-state index contributed by atoms with van der Waals surface area (Å²) < 4.78 is 2.21. The normalized spacial score (nSPS) is 11.0. The predicted molar refractivity (Wildman–Crippen MR) is 111 cm³/mol. The van der Waals surface area contributed by atoms with Crippen LogP contribution in [-0.4, -0.2) is 14.8 Å². The molecule has 0 saturated carbocycles. The molecule has 0 N–H and O–H groups in total. The van der Waals surface area contributed by atoms with Gasteiger partial charge in [0.2, 0.25) is 0 Å². The van der Waals surface area contributed by atoms with Crippen molar-refractivity contribution in [2.24, 2.45) is 0 Å².